The van der Waals surface area contributed by atoms with Gasteiger partial charge in [-0.05, 0) is 40.4 Å². The molecule has 1 saturated heterocycles. The molecule has 1 aromatic rings. The maximum Gasteiger partial charge on any atom is 0.417 e. The van der Waals surface area contributed by atoms with Crippen LogP contribution in [0.15, 0.2) is 40.9 Å². The van der Waals surface area contributed by atoms with Gasteiger partial charge in [-0.25, -0.2) is 9.69 Å². The largest absolute Gasteiger partial charge is 0.446 e. The summed E-state index contributed by atoms with van der Waals surface area (Å²) in [6.45, 7) is 0.0786. The van der Waals surface area contributed by atoms with Gasteiger partial charge in [0.2, 0.25) is 0 Å². The Kier molecular flexibility index (Phi) is 8.77. The first kappa shape index (κ1) is 25.5. The summed E-state index contributed by atoms with van der Waals surface area (Å²) in [4.78, 5) is 39.4. The highest BCUT2D eigenvalue weighted by atomic mass is 79.9. The summed E-state index contributed by atoms with van der Waals surface area (Å²) in [5, 5.41) is 19.9. The number of methoxy groups -OCH3 is 1. The number of halogens is 1. The van der Waals surface area contributed by atoms with Gasteiger partial charge in [-0.15, -0.1) is 0 Å². The molecule has 2 aliphatic heterocycles. The highest BCUT2D eigenvalue weighted by molar-refractivity contribution is 9.11. The molecule has 10 heteroatoms. The topological polar surface area (TPSA) is 123 Å². The number of cyclic esters (lactones) is 1. The predicted molar refractivity (Wildman–Crippen MR) is 120 cm³/mol. The molecule has 3 rings (SSSR count). The van der Waals surface area contributed by atoms with E-state index < -0.39 is 41.8 Å². The Morgan fingerprint density at radius 2 is 1.94 bits per heavy atom. The predicted octanol–water partition coefficient (Wildman–Crippen LogP) is 2.60. The number of carbonyl (C=O) groups excluding carboxylic acids is 3. The molecule has 33 heavy (non-hydrogen) atoms. The molecule has 2 N–H and O–H groups in total. The van der Waals surface area contributed by atoms with E-state index in [0.717, 1.165) is 17.7 Å². The number of ketones is 1. The standard InChI is InChI=1S/C23H28BrNO8/c1-31-20(21(28)25-16(14-32-22(25)29)15-9-5-4-6-10-15)19-17(27)13-18(24)23(30,33-19)11-7-2-3-8-12-26/h4-6,9-10,13,16,19-20,26,30H,2-3,7-8,11-12,14H2,1H3/t16-,19-,20+,23-/m0/s1. The number of carbonyl (C=O) groups is 3. The highest BCUT2D eigenvalue weighted by Gasteiger charge is 2.50. The number of benzene rings is 1. The summed E-state index contributed by atoms with van der Waals surface area (Å²) in [7, 11) is 1.24. The van der Waals surface area contributed by atoms with Gasteiger partial charge >= 0.3 is 6.09 Å². The van der Waals surface area contributed by atoms with Crippen molar-refractivity contribution in [2.75, 3.05) is 20.3 Å². The van der Waals surface area contributed by atoms with Gasteiger partial charge in [-0.1, -0.05) is 43.2 Å². The summed E-state index contributed by atoms with van der Waals surface area (Å²) in [5.41, 5.74) is 0.699. The number of aliphatic hydroxyl groups is 2. The molecule has 2 heterocycles. The van der Waals surface area contributed by atoms with Gasteiger partial charge in [0, 0.05) is 20.1 Å². The number of ether oxygens (including phenoxy) is 3. The minimum Gasteiger partial charge on any atom is -0.446 e. The van der Waals surface area contributed by atoms with Crippen LogP contribution < -0.4 is 0 Å². The Balaban J connectivity index is 1.78. The number of nitrogens with zero attached hydrogens (tertiary/aromatic N) is 1. The average Bonchev–Trinajstić information content (AvgIpc) is 3.19. The molecule has 180 valence electrons. The van der Waals surface area contributed by atoms with Crippen LogP contribution in [0, 0.1) is 0 Å². The third-order valence-corrected chi connectivity index (χ3v) is 6.58. The zero-order valence-electron chi connectivity index (χ0n) is 18.3. The van der Waals surface area contributed by atoms with Gasteiger partial charge < -0.3 is 24.4 Å². The third-order valence-electron chi connectivity index (χ3n) is 5.74. The summed E-state index contributed by atoms with van der Waals surface area (Å²) >= 11 is 3.20. The van der Waals surface area contributed by atoms with Crippen molar-refractivity contribution < 1.29 is 38.8 Å². The molecule has 1 fully saturated rings. The average molecular weight is 526 g/mol. The number of aliphatic hydroxyl groups excluding tert-OH is 1. The molecular formula is C23H28BrNO8. The number of imide groups is 1. The van der Waals surface area contributed by atoms with Gasteiger partial charge in [0.05, 0.1) is 4.48 Å². The minimum atomic E-state index is -1.82. The molecule has 0 unspecified atom stereocenters. The fourth-order valence-electron chi connectivity index (χ4n) is 3.94. The Hall–Kier alpha value is -2.11. The van der Waals surface area contributed by atoms with Crippen LogP contribution in [-0.2, 0) is 23.8 Å². The Morgan fingerprint density at radius 1 is 1.24 bits per heavy atom. The lowest BCUT2D eigenvalue weighted by molar-refractivity contribution is -0.227. The number of rotatable bonds is 10. The second kappa shape index (κ2) is 11.3. The quantitative estimate of drug-likeness (QED) is 0.447. The van der Waals surface area contributed by atoms with E-state index in [4.69, 9.17) is 19.3 Å². The van der Waals surface area contributed by atoms with Crippen LogP contribution in [0.5, 0.6) is 0 Å². The highest BCUT2D eigenvalue weighted by Crippen LogP contribution is 2.37. The molecule has 2 amide bonds. The number of hydrogen-bond donors (Lipinski definition) is 2. The first-order chi connectivity index (χ1) is 15.8. The Morgan fingerprint density at radius 3 is 2.61 bits per heavy atom. The number of amides is 2. The number of unbranched alkanes of at least 4 members (excludes halogenated alkanes) is 3. The first-order valence-electron chi connectivity index (χ1n) is 10.8. The normalized spacial score (nSPS) is 26.2. The summed E-state index contributed by atoms with van der Waals surface area (Å²) in [5.74, 6) is -3.18. The molecule has 0 spiro atoms. The zero-order valence-corrected chi connectivity index (χ0v) is 19.9. The fourth-order valence-corrected chi connectivity index (χ4v) is 4.46. The van der Waals surface area contributed by atoms with Crippen LogP contribution in [0.2, 0.25) is 0 Å². The van der Waals surface area contributed by atoms with Crippen molar-refractivity contribution in [3.05, 3.63) is 46.5 Å². The summed E-state index contributed by atoms with van der Waals surface area (Å²) < 4.78 is 16.3. The van der Waals surface area contributed by atoms with Crippen LogP contribution in [0.25, 0.3) is 0 Å². The van der Waals surface area contributed by atoms with E-state index in [-0.39, 0.29) is 24.1 Å². The molecule has 0 aromatic heterocycles. The molecule has 4 atom stereocenters. The second-order valence-corrected chi connectivity index (χ2v) is 8.83. The van der Waals surface area contributed by atoms with Gasteiger partial charge in [0.25, 0.3) is 5.91 Å². The molecule has 0 saturated carbocycles. The van der Waals surface area contributed by atoms with Crippen molar-refractivity contribution in [2.24, 2.45) is 0 Å². The lowest BCUT2D eigenvalue weighted by Gasteiger charge is -2.38. The molecule has 1 aromatic carbocycles. The van der Waals surface area contributed by atoms with Gasteiger partial charge in [-0.2, -0.15) is 0 Å². The van der Waals surface area contributed by atoms with Crippen molar-refractivity contribution in [3.8, 4) is 0 Å². The van der Waals surface area contributed by atoms with Crippen molar-refractivity contribution in [1.29, 1.82) is 0 Å². The van der Waals surface area contributed by atoms with Crippen LogP contribution >= 0.6 is 15.9 Å². The zero-order chi connectivity index (χ0) is 24.0. The second-order valence-electron chi connectivity index (χ2n) is 7.97. The maximum absolute atomic E-state index is 13.4. The van der Waals surface area contributed by atoms with Crippen LogP contribution in [-0.4, -0.2) is 71.2 Å². The van der Waals surface area contributed by atoms with Crippen molar-refractivity contribution in [3.63, 3.8) is 0 Å². The van der Waals surface area contributed by atoms with E-state index in [1.807, 2.05) is 6.07 Å². The smallest absolute Gasteiger partial charge is 0.417 e. The van der Waals surface area contributed by atoms with Gasteiger partial charge in [0.1, 0.15) is 12.6 Å². The van der Waals surface area contributed by atoms with E-state index in [2.05, 4.69) is 15.9 Å². The summed E-state index contributed by atoms with van der Waals surface area (Å²) in [6.07, 6.45) is 0.356. The lowest BCUT2D eigenvalue weighted by atomic mass is 9.98. The monoisotopic (exact) mass is 525 g/mol. The van der Waals surface area contributed by atoms with Crippen molar-refractivity contribution >= 4 is 33.7 Å². The molecular weight excluding hydrogens is 498 g/mol. The first-order valence-corrected chi connectivity index (χ1v) is 11.6. The lowest BCUT2D eigenvalue weighted by Crippen LogP contribution is -2.55. The van der Waals surface area contributed by atoms with E-state index in [9.17, 15) is 19.5 Å². The van der Waals surface area contributed by atoms with E-state index in [1.165, 1.54) is 13.2 Å². The van der Waals surface area contributed by atoms with E-state index >= 15 is 0 Å². The fraction of sp³-hybridized carbons (Fsp3) is 0.522. The Bertz CT molecular complexity index is 892. The minimum absolute atomic E-state index is 0.0201. The van der Waals surface area contributed by atoms with E-state index in [0.29, 0.717) is 18.4 Å². The van der Waals surface area contributed by atoms with Crippen LogP contribution in [0.1, 0.15) is 43.7 Å². The third kappa shape index (κ3) is 5.70. The van der Waals surface area contributed by atoms with Crippen LogP contribution in [0.3, 0.4) is 0 Å². The number of hydrogen-bond acceptors (Lipinski definition) is 8. The summed E-state index contributed by atoms with van der Waals surface area (Å²) in [6, 6.07) is 8.25. The molecule has 0 aliphatic carbocycles. The van der Waals surface area contributed by atoms with Gasteiger partial charge in [-0.3, -0.25) is 9.59 Å². The molecule has 2 aliphatic rings. The maximum atomic E-state index is 13.4. The van der Waals surface area contributed by atoms with Crippen molar-refractivity contribution in [2.45, 2.75) is 56.1 Å². The molecule has 0 radical (unpaired) electrons. The van der Waals surface area contributed by atoms with Crippen molar-refractivity contribution in [1.82, 2.24) is 4.90 Å². The van der Waals surface area contributed by atoms with E-state index in [1.54, 1.807) is 24.3 Å². The molecule has 0 bridgehead atoms. The SMILES string of the molecule is CO[C@@H](C(=O)N1C(=O)OC[C@H]1c1ccccc1)[C@H]1O[C@@](O)(CCCCCCO)C(Br)=CC1=O. The van der Waals surface area contributed by atoms with Crippen LogP contribution in [0.4, 0.5) is 4.79 Å². The van der Waals surface area contributed by atoms with Gasteiger partial charge in [0.15, 0.2) is 23.8 Å². The Labute approximate surface area is 200 Å². The molecule has 9 nitrogen and oxygen atoms in total.